The van der Waals surface area contributed by atoms with Gasteiger partial charge in [-0.1, -0.05) is 27.7 Å². The summed E-state index contributed by atoms with van der Waals surface area (Å²) in [6, 6.07) is 0. The zero-order valence-corrected chi connectivity index (χ0v) is 11.4. The second-order valence-electron chi connectivity index (χ2n) is 5.67. The Hall–Kier alpha value is -1.78. The Labute approximate surface area is 107 Å². The molecule has 98 valence electrons. The molecule has 2 aromatic heterocycles. The van der Waals surface area contributed by atoms with Crippen molar-refractivity contribution in [2.45, 2.75) is 27.7 Å². The van der Waals surface area contributed by atoms with Crippen molar-refractivity contribution < 1.29 is 0 Å². The van der Waals surface area contributed by atoms with Crippen LogP contribution in [0.25, 0.3) is 5.65 Å². The predicted molar refractivity (Wildman–Crippen MR) is 74.5 cm³/mol. The van der Waals surface area contributed by atoms with Crippen LogP contribution in [0.15, 0.2) is 18.6 Å². The molecular formula is C13H21N5. The van der Waals surface area contributed by atoms with Crippen LogP contribution in [-0.2, 0) is 0 Å². The first-order valence-electron chi connectivity index (χ1n) is 6.23. The van der Waals surface area contributed by atoms with Crippen molar-refractivity contribution in [1.29, 1.82) is 0 Å². The third kappa shape index (κ3) is 2.39. The topological polar surface area (TPSA) is 68.2 Å². The van der Waals surface area contributed by atoms with Gasteiger partial charge in [-0.05, 0) is 11.3 Å². The highest BCUT2D eigenvalue weighted by Crippen LogP contribution is 2.26. The molecule has 0 atom stereocenters. The lowest BCUT2D eigenvalue weighted by Crippen LogP contribution is -2.29. The lowest BCUT2D eigenvalue weighted by Gasteiger charge is -2.29. The van der Waals surface area contributed by atoms with Crippen LogP contribution in [0.1, 0.15) is 27.7 Å². The van der Waals surface area contributed by atoms with Crippen LogP contribution >= 0.6 is 0 Å². The first kappa shape index (κ1) is 12.7. The normalized spacial score (nSPS) is 12.3. The Morgan fingerprint density at radius 2 is 2.17 bits per heavy atom. The molecule has 0 saturated carbocycles. The highest BCUT2D eigenvalue weighted by atomic mass is 15.1. The smallest absolute Gasteiger partial charge is 0.180 e. The molecule has 0 unspecified atom stereocenters. The summed E-state index contributed by atoms with van der Waals surface area (Å²) in [6.45, 7) is 9.75. The minimum absolute atomic E-state index is 0.190. The number of hydrogen-bond donors (Lipinski definition) is 2. The number of imidazole rings is 1. The molecule has 0 radical (unpaired) electrons. The van der Waals surface area contributed by atoms with Crippen molar-refractivity contribution in [2.24, 2.45) is 11.3 Å². The lowest BCUT2D eigenvalue weighted by molar-refractivity contribution is 0.269. The van der Waals surface area contributed by atoms with Gasteiger partial charge < -0.3 is 15.5 Å². The Balaban J connectivity index is 2.24. The van der Waals surface area contributed by atoms with E-state index in [1.54, 1.807) is 12.4 Å². The molecule has 5 nitrogen and oxygen atoms in total. The second kappa shape index (κ2) is 4.48. The van der Waals surface area contributed by atoms with E-state index in [4.69, 9.17) is 5.73 Å². The Bertz CT molecular complexity index is 541. The molecule has 2 aromatic rings. The number of rotatable bonds is 4. The van der Waals surface area contributed by atoms with E-state index in [1.807, 2.05) is 10.6 Å². The van der Waals surface area contributed by atoms with Gasteiger partial charge in [0, 0.05) is 18.9 Å². The number of nitrogens with zero attached hydrogens (tertiary/aromatic N) is 3. The summed E-state index contributed by atoms with van der Waals surface area (Å²) in [7, 11) is 0. The molecule has 2 rings (SSSR count). The molecule has 0 aromatic carbocycles. The molecule has 5 heteroatoms. The number of aromatic nitrogens is 3. The van der Waals surface area contributed by atoms with Gasteiger partial charge in [-0.15, -0.1) is 0 Å². The van der Waals surface area contributed by atoms with E-state index in [9.17, 15) is 0 Å². The number of hydrogen-bond acceptors (Lipinski definition) is 4. The maximum Gasteiger partial charge on any atom is 0.180 e. The van der Waals surface area contributed by atoms with Gasteiger partial charge in [0.05, 0.1) is 6.20 Å². The summed E-state index contributed by atoms with van der Waals surface area (Å²) in [5.41, 5.74) is 6.78. The summed E-state index contributed by atoms with van der Waals surface area (Å²) in [5.74, 6) is 1.82. The maximum absolute atomic E-state index is 5.78. The van der Waals surface area contributed by atoms with E-state index >= 15 is 0 Å². The van der Waals surface area contributed by atoms with Crippen LogP contribution in [0.5, 0.6) is 0 Å². The lowest BCUT2D eigenvalue weighted by atomic mass is 9.81. The summed E-state index contributed by atoms with van der Waals surface area (Å²) < 4.78 is 1.88. The summed E-state index contributed by atoms with van der Waals surface area (Å²) in [5, 5.41) is 3.36. The summed E-state index contributed by atoms with van der Waals surface area (Å²) >= 11 is 0. The van der Waals surface area contributed by atoms with Crippen LogP contribution in [0.3, 0.4) is 0 Å². The van der Waals surface area contributed by atoms with E-state index < -0.39 is 0 Å². The van der Waals surface area contributed by atoms with Gasteiger partial charge in [0.1, 0.15) is 5.82 Å². The molecule has 0 aliphatic heterocycles. The predicted octanol–water partition coefficient (Wildman–Crippen LogP) is 2.41. The number of nitrogens with one attached hydrogen (secondary N) is 1. The first-order chi connectivity index (χ1) is 8.40. The molecule has 0 bridgehead atoms. The van der Waals surface area contributed by atoms with Crippen molar-refractivity contribution in [3.05, 3.63) is 18.6 Å². The Kier molecular flexibility index (Phi) is 3.15. The molecular weight excluding hydrogens is 226 g/mol. The SMILES string of the molecule is CC(C)C(C)(C)CNc1nc(N)cn2ccnc12. The first-order valence-corrected chi connectivity index (χ1v) is 6.23. The Morgan fingerprint density at radius 1 is 1.44 bits per heavy atom. The third-order valence-electron chi connectivity index (χ3n) is 3.67. The van der Waals surface area contributed by atoms with Gasteiger partial charge >= 0.3 is 0 Å². The van der Waals surface area contributed by atoms with Gasteiger partial charge in [-0.25, -0.2) is 9.97 Å². The summed E-state index contributed by atoms with van der Waals surface area (Å²) in [4.78, 5) is 8.61. The van der Waals surface area contributed by atoms with Gasteiger partial charge in [-0.2, -0.15) is 0 Å². The van der Waals surface area contributed by atoms with Crippen molar-refractivity contribution in [1.82, 2.24) is 14.4 Å². The minimum atomic E-state index is 0.190. The fourth-order valence-corrected chi connectivity index (χ4v) is 1.59. The number of nitrogen functional groups attached to an aromatic ring is 1. The van der Waals surface area contributed by atoms with Crippen LogP contribution < -0.4 is 11.1 Å². The van der Waals surface area contributed by atoms with E-state index in [2.05, 4.69) is 43.0 Å². The molecule has 18 heavy (non-hydrogen) atoms. The Morgan fingerprint density at radius 3 is 2.83 bits per heavy atom. The largest absolute Gasteiger partial charge is 0.382 e. The second-order valence-corrected chi connectivity index (χ2v) is 5.67. The molecule has 2 heterocycles. The van der Waals surface area contributed by atoms with Gasteiger partial charge in [-0.3, -0.25) is 0 Å². The minimum Gasteiger partial charge on any atom is -0.382 e. The zero-order chi connectivity index (χ0) is 13.3. The van der Waals surface area contributed by atoms with Crippen molar-refractivity contribution in [3.63, 3.8) is 0 Å². The van der Waals surface area contributed by atoms with Crippen molar-refractivity contribution >= 4 is 17.3 Å². The third-order valence-corrected chi connectivity index (χ3v) is 3.67. The molecule has 0 amide bonds. The van der Waals surface area contributed by atoms with Gasteiger partial charge in [0.15, 0.2) is 11.5 Å². The maximum atomic E-state index is 5.78. The highest BCUT2D eigenvalue weighted by Gasteiger charge is 2.22. The fourth-order valence-electron chi connectivity index (χ4n) is 1.59. The highest BCUT2D eigenvalue weighted by molar-refractivity contribution is 5.64. The van der Waals surface area contributed by atoms with E-state index in [0.717, 1.165) is 18.0 Å². The van der Waals surface area contributed by atoms with Gasteiger partial charge in [0.25, 0.3) is 0 Å². The van der Waals surface area contributed by atoms with E-state index in [1.165, 1.54) is 0 Å². The summed E-state index contributed by atoms with van der Waals surface area (Å²) in [6.07, 6.45) is 5.38. The molecule has 0 aliphatic carbocycles. The average Bonchev–Trinajstić information content (AvgIpc) is 2.73. The standard InChI is InChI=1S/C13H21N5/c1-9(2)13(3,4)8-16-11-12-15-5-6-18(12)7-10(14)17-11/h5-7,9H,8,14H2,1-4H3,(H,16,17). The molecule has 3 N–H and O–H groups in total. The molecule has 0 aliphatic rings. The quantitative estimate of drug-likeness (QED) is 0.870. The van der Waals surface area contributed by atoms with Gasteiger partial charge in [0.2, 0.25) is 0 Å². The molecule has 0 fully saturated rings. The van der Waals surface area contributed by atoms with Crippen molar-refractivity contribution in [3.8, 4) is 0 Å². The monoisotopic (exact) mass is 247 g/mol. The number of nitrogens with two attached hydrogens (primary N) is 1. The van der Waals surface area contributed by atoms with Crippen LogP contribution in [0.4, 0.5) is 11.6 Å². The fraction of sp³-hybridized carbons (Fsp3) is 0.538. The zero-order valence-electron chi connectivity index (χ0n) is 11.4. The number of anilines is 2. The van der Waals surface area contributed by atoms with E-state index in [-0.39, 0.29) is 5.41 Å². The van der Waals surface area contributed by atoms with Crippen molar-refractivity contribution in [2.75, 3.05) is 17.6 Å². The van der Waals surface area contributed by atoms with Crippen LogP contribution in [0.2, 0.25) is 0 Å². The average molecular weight is 247 g/mol. The molecule has 0 saturated heterocycles. The van der Waals surface area contributed by atoms with Crippen LogP contribution in [0, 0.1) is 11.3 Å². The van der Waals surface area contributed by atoms with Crippen LogP contribution in [-0.4, -0.2) is 20.9 Å². The molecule has 0 spiro atoms. The van der Waals surface area contributed by atoms with E-state index in [0.29, 0.717) is 11.7 Å². The number of fused-ring (bicyclic) bond motifs is 1.